The highest BCUT2D eigenvalue weighted by atomic mass is 16.4. The molecule has 2 heterocycles. The number of para-hydroxylation sites is 2. The second-order valence-electron chi connectivity index (χ2n) is 6.55. The molecule has 1 N–H and O–H groups in total. The molecule has 7 nitrogen and oxygen atoms in total. The first-order valence-electron chi connectivity index (χ1n) is 8.89. The van der Waals surface area contributed by atoms with Crippen LogP contribution in [0.2, 0.25) is 0 Å². The quantitative estimate of drug-likeness (QED) is 0.770. The number of fused-ring (bicyclic) bond motifs is 1. The van der Waals surface area contributed by atoms with Gasteiger partial charge in [-0.25, -0.2) is 4.79 Å². The number of anilines is 1. The fourth-order valence-electron chi connectivity index (χ4n) is 3.31. The predicted octanol–water partition coefficient (Wildman–Crippen LogP) is 2.47. The molecule has 1 aliphatic heterocycles. The molecule has 1 aliphatic rings. The zero-order chi connectivity index (χ0) is 18.8. The van der Waals surface area contributed by atoms with Crippen molar-refractivity contribution in [3.05, 3.63) is 64.6 Å². The molecule has 0 bridgehead atoms. The van der Waals surface area contributed by atoms with Crippen LogP contribution in [0.4, 0.5) is 5.69 Å². The summed E-state index contributed by atoms with van der Waals surface area (Å²) >= 11 is 0. The van der Waals surface area contributed by atoms with Gasteiger partial charge in [0.05, 0.1) is 5.52 Å². The van der Waals surface area contributed by atoms with E-state index in [9.17, 15) is 14.4 Å². The van der Waals surface area contributed by atoms with Gasteiger partial charge >= 0.3 is 5.76 Å². The number of hydrogen-bond acceptors (Lipinski definition) is 4. The Morgan fingerprint density at radius 3 is 2.44 bits per heavy atom. The molecule has 138 valence electrons. The minimum absolute atomic E-state index is 0.0156. The van der Waals surface area contributed by atoms with Gasteiger partial charge in [-0.2, -0.15) is 0 Å². The standard InChI is InChI=1S/C20H19N3O4/c24-18(13-23-16-5-1-2-6-17(16)27-20(23)26)21-15-9-7-14(8-10-15)19(25)22-11-3-4-12-22/h1-2,5-10H,3-4,11-13H2,(H,21,24). The number of benzene rings is 2. The van der Waals surface area contributed by atoms with Crippen LogP contribution in [-0.4, -0.2) is 34.4 Å². The molecule has 1 aromatic heterocycles. The van der Waals surface area contributed by atoms with E-state index in [0.29, 0.717) is 22.4 Å². The number of amides is 2. The van der Waals surface area contributed by atoms with Crippen LogP contribution in [-0.2, 0) is 11.3 Å². The van der Waals surface area contributed by atoms with Crippen LogP contribution in [0.3, 0.4) is 0 Å². The van der Waals surface area contributed by atoms with Gasteiger partial charge in [-0.1, -0.05) is 12.1 Å². The van der Waals surface area contributed by atoms with Gasteiger partial charge in [0.25, 0.3) is 5.91 Å². The molecule has 0 saturated carbocycles. The maximum atomic E-state index is 12.3. The van der Waals surface area contributed by atoms with Gasteiger partial charge in [-0.05, 0) is 49.2 Å². The van der Waals surface area contributed by atoms with Crippen LogP contribution in [0.1, 0.15) is 23.2 Å². The first-order chi connectivity index (χ1) is 13.1. The Morgan fingerprint density at radius 2 is 1.70 bits per heavy atom. The lowest BCUT2D eigenvalue weighted by atomic mass is 10.2. The van der Waals surface area contributed by atoms with Gasteiger partial charge in [-0.3, -0.25) is 14.2 Å². The van der Waals surface area contributed by atoms with Crippen LogP contribution in [0.5, 0.6) is 0 Å². The van der Waals surface area contributed by atoms with E-state index in [2.05, 4.69) is 5.32 Å². The van der Waals surface area contributed by atoms with Crippen molar-refractivity contribution in [2.75, 3.05) is 18.4 Å². The normalized spacial score (nSPS) is 13.9. The lowest BCUT2D eigenvalue weighted by Gasteiger charge is -2.15. The number of carbonyl (C=O) groups excluding carboxylic acids is 2. The molecule has 2 amide bonds. The molecular formula is C20H19N3O4. The zero-order valence-electron chi connectivity index (χ0n) is 14.7. The van der Waals surface area contributed by atoms with Crippen LogP contribution in [0, 0.1) is 0 Å². The zero-order valence-corrected chi connectivity index (χ0v) is 14.7. The number of oxazole rings is 1. The lowest BCUT2D eigenvalue weighted by molar-refractivity contribution is -0.116. The van der Waals surface area contributed by atoms with Gasteiger partial charge < -0.3 is 14.6 Å². The molecule has 3 aromatic rings. The number of carbonyl (C=O) groups is 2. The second kappa shape index (κ2) is 7.11. The number of nitrogens with zero attached hydrogens (tertiary/aromatic N) is 2. The minimum atomic E-state index is -0.571. The molecule has 0 radical (unpaired) electrons. The highest BCUT2D eigenvalue weighted by Gasteiger charge is 2.19. The Kier molecular flexibility index (Phi) is 4.50. The molecule has 4 rings (SSSR count). The first kappa shape index (κ1) is 17.1. The monoisotopic (exact) mass is 365 g/mol. The number of likely N-dealkylation sites (tertiary alicyclic amines) is 1. The maximum Gasteiger partial charge on any atom is 0.420 e. The summed E-state index contributed by atoms with van der Waals surface area (Å²) in [6.07, 6.45) is 2.09. The Morgan fingerprint density at radius 1 is 1.00 bits per heavy atom. The van der Waals surface area contributed by atoms with Gasteiger partial charge in [0.2, 0.25) is 5.91 Å². The fourth-order valence-corrected chi connectivity index (χ4v) is 3.31. The van der Waals surface area contributed by atoms with E-state index in [-0.39, 0.29) is 18.4 Å². The molecule has 0 unspecified atom stereocenters. The predicted molar refractivity (Wildman–Crippen MR) is 101 cm³/mol. The van der Waals surface area contributed by atoms with Crippen molar-refractivity contribution in [1.82, 2.24) is 9.47 Å². The van der Waals surface area contributed by atoms with Crippen molar-refractivity contribution in [2.45, 2.75) is 19.4 Å². The smallest absolute Gasteiger partial charge is 0.408 e. The molecule has 0 spiro atoms. The van der Waals surface area contributed by atoms with E-state index < -0.39 is 5.76 Å². The largest absolute Gasteiger partial charge is 0.420 e. The number of aromatic nitrogens is 1. The number of nitrogens with one attached hydrogen (secondary N) is 1. The van der Waals surface area contributed by atoms with Crippen LogP contribution >= 0.6 is 0 Å². The Bertz CT molecular complexity index is 1040. The van der Waals surface area contributed by atoms with Crippen LogP contribution in [0.25, 0.3) is 11.1 Å². The van der Waals surface area contributed by atoms with Crippen molar-refractivity contribution in [1.29, 1.82) is 0 Å². The van der Waals surface area contributed by atoms with Gasteiger partial charge in [0.15, 0.2) is 5.58 Å². The summed E-state index contributed by atoms with van der Waals surface area (Å²) in [5, 5.41) is 2.74. The van der Waals surface area contributed by atoms with E-state index in [4.69, 9.17) is 4.42 Å². The fraction of sp³-hybridized carbons (Fsp3) is 0.250. The Labute approximate surface area is 155 Å². The van der Waals surface area contributed by atoms with Crippen molar-refractivity contribution in [3.8, 4) is 0 Å². The molecule has 1 fully saturated rings. The average Bonchev–Trinajstić information content (AvgIpc) is 3.31. The minimum Gasteiger partial charge on any atom is -0.408 e. The number of rotatable bonds is 4. The average molecular weight is 365 g/mol. The number of hydrogen-bond donors (Lipinski definition) is 1. The summed E-state index contributed by atoms with van der Waals surface area (Å²) in [6, 6.07) is 13.7. The topological polar surface area (TPSA) is 84.5 Å². The molecular weight excluding hydrogens is 346 g/mol. The summed E-state index contributed by atoms with van der Waals surface area (Å²) < 4.78 is 6.41. The second-order valence-corrected chi connectivity index (χ2v) is 6.55. The maximum absolute atomic E-state index is 12.3. The van der Waals surface area contributed by atoms with Crippen LogP contribution in [0.15, 0.2) is 57.7 Å². The van der Waals surface area contributed by atoms with Gasteiger partial charge in [0.1, 0.15) is 6.54 Å². The molecule has 0 aliphatic carbocycles. The van der Waals surface area contributed by atoms with Gasteiger partial charge in [-0.15, -0.1) is 0 Å². The molecule has 0 atom stereocenters. The van der Waals surface area contributed by atoms with E-state index in [1.165, 1.54) is 4.57 Å². The van der Waals surface area contributed by atoms with E-state index >= 15 is 0 Å². The van der Waals surface area contributed by atoms with Gasteiger partial charge in [0, 0.05) is 24.3 Å². The first-order valence-corrected chi connectivity index (χ1v) is 8.89. The summed E-state index contributed by atoms with van der Waals surface area (Å²) in [5.74, 6) is -0.901. The molecule has 2 aromatic carbocycles. The molecule has 1 saturated heterocycles. The van der Waals surface area contributed by atoms with Crippen molar-refractivity contribution in [2.24, 2.45) is 0 Å². The SMILES string of the molecule is O=C(Cn1c(=O)oc2ccccc21)Nc1ccc(C(=O)N2CCCC2)cc1. The summed E-state index contributed by atoms with van der Waals surface area (Å²) in [7, 11) is 0. The summed E-state index contributed by atoms with van der Waals surface area (Å²) in [4.78, 5) is 38.4. The third-order valence-electron chi connectivity index (χ3n) is 4.68. The van der Waals surface area contributed by atoms with Crippen molar-refractivity contribution < 1.29 is 14.0 Å². The summed E-state index contributed by atoms with van der Waals surface area (Å²) in [5.41, 5.74) is 2.19. The van der Waals surface area contributed by atoms with E-state index in [0.717, 1.165) is 25.9 Å². The molecule has 7 heteroatoms. The summed E-state index contributed by atoms with van der Waals surface area (Å²) in [6.45, 7) is 1.44. The molecule has 27 heavy (non-hydrogen) atoms. The Hall–Kier alpha value is -3.35. The third-order valence-corrected chi connectivity index (χ3v) is 4.68. The highest BCUT2D eigenvalue weighted by Crippen LogP contribution is 2.16. The van der Waals surface area contributed by atoms with Crippen LogP contribution < -0.4 is 11.1 Å². The van der Waals surface area contributed by atoms with Crippen molar-refractivity contribution in [3.63, 3.8) is 0 Å². The van der Waals surface area contributed by atoms with Crippen molar-refractivity contribution >= 4 is 28.6 Å². The third kappa shape index (κ3) is 3.48. The van der Waals surface area contributed by atoms with E-state index in [1.54, 1.807) is 48.5 Å². The Balaban J connectivity index is 1.44. The highest BCUT2D eigenvalue weighted by molar-refractivity contribution is 5.96. The lowest BCUT2D eigenvalue weighted by Crippen LogP contribution is -2.27. The van der Waals surface area contributed by atoms with E-state index in [1.807, 2.05) is 4.90 Å².